The Labute approximate surface area is 98.0 Å². The van der Waals surface area contributed by atoms with E-state index in [-0.39, 0.29) is 12.3 Å². The monoisotopic (exact) mass is 239 g/mol. The zero-order chi connectivity index (χ0) is 13.0. The Hall–Kier alpha value is -1.95. The maximum Gasteiger partial charge on any atom is 0.332 e. The fourth-order valence-electron chi connectivity index (χ4n) is 1.31. The van der Waals surface area contributed by atoms with Crippen molar-refractivity contribution in [3.05, 3.63) is 39.4 Å². The first kappa shape index (κ1) is 13.1. The smallest absolute Gasteiger partial charge is 0.332 e. The van der Waals surface area contributed by atoms with E-state index in [1.54, 1.807) is 19.1 Å². The molecule has 1 atom stereocenters. The van der Waals surface area contributed by atoms with Crippen LogP contribution < -0.4 is 0 Å². The number of nitro benzene ring substituents is 1. The predicted octanol–water partition coefficient (Wildman–Crippen LogP) is 1.89. The lowest BCUT2D eigenvalue weighted by Gasteiger charge is -2.10. The minimum atomic E-state index is -1.06. The van der Waals surface area contributed by atoms with Gasteiger partial charge < -0.3 is 9.84 Å². The van der Waals surface area contributed by atoms with Crippen molar-refractivity contribution >= 4 is 11.7 Å². The van der Waals surface area contributed by atoms with Crippen molar-refractivity contribution in [1.29, 1.82) is 0 Å². The molecule has 1 N–H and O–H groups in total. The zero-order valence-electron chi connectivity index (χ0n) is 9.54. The first-order valence-corrected chi connectivity index (χ1v) is 5.00. The van der Waals surface area contributed by atoms with Crippen LogP contribution in [0.15, 0.2) is 18.2 Å². The molecule has 1 aromatic carbocycles. The van der Waals surface area contributed by atoms with Gasteiger partial charge in [0.2, 0.25) is 0 Å². The van der Waals surface area contributed by atoms with E-state index in [9.17, 15) is 14.9 Å². The van der Waals surface area contributed by atoms with Gasteiger partial charge in [-0.2, -0.15) is 0 Å². The van der Waals surface area contributed by atoms with E-state index >= 15 is 0 Å². The molecule has 0 aliphatic rings. The molecule has 0 amide bonds. The standard InChI is InChI=1S/C11H13NO5/c1-7-9(6-17-8(2)11(13)14)4-3-5-10(7)12(15)16/h3-5,8H,6H2,1-2H3,(H,13,14). The molecule has 1 unspecified atom stereocenters. The molecule has 0 aliphatic heterocycles. The molecular weight excluding hydrogens is 226 g/mol. The molecule has 0 aromatic heterocycles. The van der Waals surface area contributed by atoms with Gasteiger partial charge in [-0.05, 0) is 19.4 Å². The summed E-state index contributed by atoms with van der Waals surface area (Å²) in [4.78, 5) is 20.8. The summed E-state index contributed by atoms with van der Waals surface area (Å²) in [5, 5.41) is 19.3. The number of hydrogen-bond donors (Lipinski definition) is 1. The fraction of sp³-hybridized carbons (Fsp3) is 0.364. The summed E-state index contributed by atoms with van der Waals surface area (Å²) in [5.74, 6) is -1.06. The van der Waals surface area contributed by atoms with Crippen molar-refractivity contribution in [2.75, 3.05) is 0 Å². The summed E-state index contributed by atoms with van der Waals surface area (Å²) in [7, 11) is 0. The first-order chi connectivity index (χ1) is 7.93. The van der Waals surface area contributed by atoms with E-state index in [2.05, 4.69) is 0 Å². The first-order valence-electron chi connectivity index (χ1n) is 5.00. The van der Waals surface area contributed by atoms with Gasteiger partial charge in [0.05, 0.1) is 11.5 Å². The molecule has 0 spiro atoms. The third-order valence-corrected chi connectivity index (χ3v) is 2.45. The van der Waals surface area contributed by atoms with Crippen molar-refractivity contribution in [3.63, 3.8) is 0 Å². The van der Waals surface area contributed by atoms with E-state index in [4.69, 9.17) is 9.84 Å². The van der Waals surface area contributed by atoms with Crippen LogP contribution in [-0.2, 0) is 16.1 Å². The van der Waals surface area contributed by atoms with Gasteiger partial charge in [0.15, 0.2) is 6.10 Å². The molecule has 0 bridgehead atoms. The molecule has 6 heteroatoms. The van der Waals surface area contributed by atoms with E-state index in [0.717, 1.165) is 0 Å². The number of benzene rings is 1. The Kier molecular flexibility index (Phi) is 4.17. The Morgan fingerprint density at radius 2 is 2.24 bits per heavy atom. The number of carbonyl (C=O) groups is 1. The molecule has 92 valence electrons. The van der Waals surface area contributed by atoms with Gasteiger partial charge >= 0.3 is 5.97 Å². The number of hydrogen-bond acceptors (Lipinski definition) is 4. The lowest BCUT2D eigenvalue weighted by Crippen LogP contribution is -2.19. The van der Waals surface area contributed by atoms with Crippen LogP contribution in [0.5, 0.6) is 0 Å². The molecule has 0 saturated heterocycles. The number of ether oxygens (including phenoxy) is 1. The van der Waals surface area contributed by atoms with Crippen molar-refractivity contribution in [3.8, 4) is 0 Å². The van der Waals surface area contributed by atoms with Gasteiger partial charge in [-0.3, -0.25) is 10.1 Å². The van der Waals surface area contributed by atoms with E-state index in [1.807, 2.05) is 0 Å². The van der Waals surface area contributed by atoms with Crippen molar-refractivity contribution < 1.29 is 19.6 Å². The van der Waals surface area contributed by atoms with E-state index < -0.39 is 17.0 Å². The fourth-order valence-corrected chi connectivity index (χ4v) is 1.31. The van der Waals surface area contributed by atoms with E-state index in [0.29, 0.717) is 11.1 Å². The Morgan fingerprint density at radius 3 is 2.76 bits per heavy atom. The largest absolute Gasteiger partial charge is 0.479 e. The predicted molar refractivity (Wildman–Crippen MR) is 59.7 cm³/mol. The Morgan fingerprint density at radius 1 is 1.59 bits per heavy atom. The minimum absolute atomic E-state index is 0.00841. The number of rotatable bonds is 5. The molecule has 0 heterocycles. The highest BCUT2D eigenvalue weighted by atomic mass is 16.6. The van der Waals surface area contributed by atoms with Crippen LogP contribution in [0.4, 0.5) is 5.69 Å². The molecule has 0 radical (unpaired) electrons. The van der Waals surface area contributed by atoms with Gasteiger partial charge in [0, 0.05) is 11.6 Å². The van der Waals surface area contributed by atoms with Crippen LogP contribution in [0.2, 0.25) is 0 Å². The quantitative estimate of drug-likeness (QED) is 0.626. The number of carboxylic acids is 1. The van der Waals surface area contributed by atoms with Gasteiger partial charge in [-0.15, -0.1) is 0 Å². The molecule has 0 fully saturated rings. The van der Waals surface area contributed by atoms with Gasteiger partial charge in [-0.1, -0.05) is 12.1 Å². The molecule has 0 aliphatic carbocycles. The van der Waals surface area contributed by atoms with Crippen molar-refractivity contribution in [2.45, 2.75) is 26.6 Å². The molecule has 1 rings (SSSR count). The highest BCUT2D eigenvalue weighted by molar-refractivity contribution is 5.71. The van der Waals surface area contributed by atoms with Crippen LogP contribution in [0.3, 0.4) is 0 Å². The molecule has 17 heavy (non-hydrogen) atoms. The highest BCUT2D eigenvalue weighted by Crippen LogP contribution is 2.21. The van der Waals surface area contributed by atoms with Gasteiger partial charge in [-0.25, -0.2) is 4.79 Å². The van der Waals surface area contributed by atoms with Crippen molar-refractivity contribution in [1.82, 2.24) is 0 Å². The van der Waals surface area contributed by atoms with Crippen LogP contribution in [-0.4, -0.2) is 22.1 Å². The summed E-state index contributed by atoms with van der Waals surface area (Å²) < 4.78 is 5.08. The molecule has 1 aromatic rings. The van der Waals surface area contributed by atoms with Crippen LogP contribution in [0.25, 0.3) is 0 Å². The average Bonchev–Trinajstić information content (AvgIpc) is 2.26. The summed E-state index contributed by atoms with van der Waals surface area (Å²) in [6.07, 6.45) is -0.936. The SMILES string of the molecule is Cc1c(COC(C)C(=O)O)cccc1[N+](=O)[O-]. The summed E-state index contributed by atoms with van der Waals surface area (Å²) in [6, 6.07) is 4.63. The second-order valence-corrected chi connectivity index (χ2v) is 3.61. The maximum atomic E-state index is 10.7. The third-order valence-electron chi connectivity index (χ3n) is 2.45. The maximum absolute atomic E-state index is 10.7. The van der Waals surface area contributed by atoms with E-state index in [1.165, 1.54) is 13.0 Å². The van der Waals surface area contributed by atoms with Crippen molar-refractivity contribution in [2.24, 2.45) is 0 Å². The second kappa shape index (κ2) is 5.40. The molecule has 0 saturated carbocycles. The van der Waals surface area contributed by atoms with Crippen LogP contribution in [0, 0.1) is 17.0 Å². The number of nitrogens with zero attached hydrogens (tertiary/aromatic N) is 1. The number of nitro groups is 1. The van der Waals surface area contributed by atoms with Gasteiger partial charge in [0.25, 0.3) is 5.69 Å². The lowest BCUT2D eigenvalue weighted by atomic mass is 10.1. The zero-order valence-corrected chi connectivity index (χ0v) is 9.54. The highest BCUT2D eigenvalue weighted by Gasteiger charge is 2.15. The number of carboxylic acid groups (broad SMARTS) is 1. The Bertz CT molecular complexity index is 443. The third kappa shape index (κ3) is 3.25. The van der Waals surface area contributed by atoms with Crippen LogP contribution in [0.1, 0.15) is 18.1 Å². The lowest BCUT2D eigenvalue weighted by molar-refractivity contribution is -0.385. The summed E-state index contributed by atoms with van der Waals surface area (Å²) in [6.45, 7) is 3.07. The number of aliphatic carboxylic acids is 1. The van der Waals surface area contributed by atoms with Crippen LogP contribution >= 0.6 is 0 Å². The summed E-state index contributed by atoms with van der Waals surface area (Å²) in [5.41, 5.74) is 1.12. The average molecular weight is 239 g/mol. The topological polar surface area (TPSA) is 89.7 Å². The minimum Gasteiger partial charge on any atom is -0.479 e. The summed E-state index contributed by atoms with van der Waals surface area (Å²) >= 11 is 0. The van der Waals surface area contributed by atoms with Gasteiger partial charge in [0.1, 0.15) is 0 Å². The Balaban J connectivity index is 2.82. The normalized spacial score (nSPS) is 12.1. The second-order valence-electron chi connectivity index (χ2n) is 3.61. The molecule has 6 nitrogen and oxygen atoms in total. The molecular formula is C11H13NO5.